The SMILES string of the molecule is CCNC(=NCCCN1CC(C)OC(C)C1)NC1CCC(SC)C1.I. The fraction of sp³-hybridized carbons (Fsp3) is 0.944. The molecule has 0 spiro atoms. The molecule has 5 nitrogen and oxygen atoms in total. The molecule has 2 aliphatic rings. The lowest BCUT2D eigenvalue weighted by molar-refractivity contribution is -0.0679. The molecule has 1 aliphatic carbocycles. The second-order valence-electron chi connectivity index (χ2n) is 7.14. The third kappa shape index (κ3) is 8.67. The lowest BCUT2D eigenvalue weighted by Crippen LogP contribution is -2.46. The second-order valence-corrected chi connectivity index (χ2v) is 8.28. The number of hydrogen-bond acceptors (Lipinski definition) is 4. The van der Waals surface area contributed by atoms with Gasteiger partial charge in [-0.1, -0.05) is 0 Å². The first kappa shape index (κ1) is 23.3. The van der Waals surface area contributed by atoms with Crippen molar-refractivity contribution >= 4 is 41.7 Å². The molecule has 4 atom stereocenters. The van der Waals surface area contributed by atoms with Crippen LogP contribution >= 0.6 is 35.7 Å². The minimum atomic E-state index is 0. The Hall–Kier alpha value is 0.270. The highest BCUT2D eigenvalue weighted by atomic mass is 127. The third-order valence-corrected chi connectivity index (χ3v) is 5.90. The van der Waals surface area contributed by atoms with Gasteiger partial charge in [0.25, 0.3) is 0 Å². The maximum absolute atomic E-state index is 5.79. The van der Waals surface area contributed by atoms with Gasteiger partial charge < -0.3 is 15.4 Å². The van der Waals surface area contributed by atoms with Crippen LogP contribution < -0.4 is 10.6 Å². The van der Waals surface area contributed by atoms with Gasteiger partial charge in [-0.2, -0.15) is 11.8 Å². The molecule has 0 radical (unpaired) electrons. The zero-order chi connectivity index (χ0) is 17.4. The van der Waals surface area contributed by atoms with Crippen LogP contribution in [-0.2, 0) is 4.74 Å². The van der Waals surface area contributed by atoms with Gasteiger partial charge in [0.2, 0.25) is 0 Å². The largest absolute Gasteiger partial charge is 0.373 e. The Balaban J connectivity index is 0.00000312. The van der Waals surface area contributed by atoms with Crippen LogP contribution in [0, 0.1) is 0 Å². The Bertz CT molecular complexity index is 389. The lowest BCUT2D eigenvalue weighted by Gasteiger charge is -2.35. The number of hydrogen-bond donors (Lipinski definition) is 2. The van der Waals surface area contributed by atoms with Gasteiger partial charge in [-0.05, 0) is 52.7 Å². The number of guanidine groups is 1. The van der Waals surface area contributed by atoms with Crippen LogP contribution in [0.3, 0.4) is 0 Å². The normalized spacial score (nSPS) is 30.8. The van der Waals surface area contributed by atoms with Crippen molar-refractivity contribution in [1.29, 1.82) is 0 Å². The molecule has 0 bridgehead atoms. The first-order chi connectivity index (χ1) is 11.6. The smallest absolute Gasteiger partial charge is 0.191 e. The van der Waals surface area contributed by atoms with Crippen molar-refractivity contribution in [1.82, 2.24) is 15.5 Å². The van der Waals surface area contributed by atoms with E-state index in [-0.39, 0.29) is 24.0 Å². The van der Waals surface area contributed by atoms with Crippen LogP contribution in [0.2, 0.25) is 0 Å². The molecule has 7 heteroatoms. The van der Waals surface area contributed by atoms with Crippen molar-refractivity contribution in [2.75, 3.05) is 39.0 Å². The molecular formula is C18H37IN4OS. The van der Waals surface area contributed by atoms with Crippen molar-refractivity contribution in [2.24, 2.45) is 4.99 Å². The van der Waals surface area contributed by atoms with Gasteiger partial charge in [0, 0.05) is 44.0 Å². The fourth-order valence-electron chi connectivity index (χ4n) is 3.75. The standard InChI is InChI=1S/C18H36N4OS.HI/c1-5-19-18(21-16-7-8-17(11-16)24-4)20-9-6-10-22-12-14(2)23-15(3)13-22;/h14-17H,5-13H2,1-4H3,(H2,19,20,21);1H. The summed E-state index contributed by atoms with van der Waals surface area (Å²) < 4.78 is 5.79. The van der Waals surface area contributed by atoms with E-state index in [4.69, 9.17) is 9.73 Å². The molecule has 1 saturated carbocycles. The van der Waals surface area contributed by atoms with Gasteiger partial charge in [0.1, 0.15) is 0 Å². The Morgan fingerprint density at radius 1 is 1.24 bits per heavy atom. The van der Waals surface area contributed by atoms with Crippen LogP contribution in [0.25, 0.3) is 0 Å². The molecule has 0 aromatic rings. The molecule has 25 heavy (non-hydrogen) atoms. The maximum Gasteiger partial charge on any atom is 0.191 e. The van der Waals surface area contributed by atoms with E-state index in [1.165, 1.54) is 19.3 Å². The van der Waals surface area contributed by atoms with Gasteiger partial charge >= 0.3 is 0 Å². The molecule has 1 heterocycles. The minimum absolute atomic E-state index is 0. The van der Waals surface area contributed by atoms with Crippen molar-refractivity contribution < 1.29 is 4.74 Å². The van der Waals surface area contributed by atoms with E-state index in [9.17, 15) is 0 Å². The minimum Gasteiger partial charge on any atom is -0.373 e. The number of aliphatic imine (C=N–C) groups is 1. The van der Waals surface area contributed by atoms with E-state index < -0.39 is 0 Å². The van der Waals surface area contributed by atoms with Crippen molar-refractivity contribution in [3.63, 3.8) is 0 Å². The topological polar surface area (TPSA) is 48.9 Å². The van der Waals surface area contributed by atoms with Gasteiger partial charge in [-0.15, -0.1) is 24.0 Å². The van der Waals surface area contributed by atoms with Crippen molar-refractivity contribution in [3.8, 4) is 0 Å². The summed E-state index contributed by atoms with van der Waals surface area (Å²) in [6.07, 6.45) is 7.87. The van der Waals surface area contributed by atoms with E-state index in [0.29, 0.717) is 18.2 Å². The molecule has 1 saturated heterocycles. The van der Waals surface area contributed by atoms with Crippen molar-refractivity contribution in [2.45, 2.75) is 70.0 Å². The average molecular weight is 484 g/mol. The molecule has 0 aromatic heterocycles. The fourth-order valence-corrected chi connectivity index (χ4v) is 4.55. The number of nitrogens with zero attached hydrogens (tertiary/aromatic N) is 2. The summed E-state index contributed by atoms with van der Waals surface area (Å²) in [6.45, 7) is 11.5. The van der Waals surface area contributed by atoms with E-state index in [1.807, 2.05) is 11.8 Å². The Morgan fingerprint density at radius 3 is 2.56 bits per heavy atom. The predicted molar refractivity (Wildman–Crippen MR) is 121 cm³/mol. The second kappa shape index (κ2) is 12.6. The van der Waals surface area contributed by atoms with Crippen molar-refractivity contribution in [3.05, 3.63) is 0 Å². The summed E-state index contributed by atoms with van der Waals surface area (Å²) in [5, 5.41) is 7.83. The molecule has 2 rings (SSSR count). The number of ether oxygens (including phenoxy) is 1. The Labute approximate surface area is 175 Å². The molecular weight excluding hydrogens is 447 g/mol. The Morgan fingerprint density at radius 2 is 1.96 bits per heavy atom. The molecule has 4 unspecified atom stereocenters. The highest BCUT2D eigenvalue weighted by Gasteiger charge is 2.24. The number of nitrogens with one attached hydrogen (secondary N) is 2. The first-order valence-electron chi connectivity index (χ1n) is 9.56. The maximum atomic E-state index is 5.79. The molecule has 148 valence electrons. The molecule has 2 N–H and O–H groups in total. The molecule has 2 fully saturated rings. The number of morpholine rings is 1. The summed E-state index contributed by atoms with van der Waals surface area (Å²) in [6, 6.07) is 0.584. The summed E-state index contributed by atoms with van der Waals surface area (Å²) in [4.78, 5) is 7.29. The highest BCUT2D eigenvalue weighted by molar-refractivity contribution is 14.0. The number of halogens is 1. The van der Waals surface area contributed by atoms with Gasteiger partial charge in [0.15, 0.2) is 5.96 Å². The highest BCUT2D eigenvalue weighted by Crippen LogP contribution is 2.28. The molecule has 0 aromatic carbocycles. The van der Waals surface area contributed by atoms with Crippen LogP contribution in [0.15, 0.2) is 4.99 Å². The van der Waals surface area contributed by atoms with E-state index >= 15 is 0 Å². The van der Waals surface area contributed by atoms with E-state index in [2.05, 4.69) is 42.6 Å². The van der Waals surface area contributed by atoms with E-state index in [1.54, 1.807) is 0 Å². The zero-order valence-corrected chi connectivity index (χ0v) is 19.4. The number of rotatable bonds is 7. The first-order valence-corrected chi connectivity index (χ1v) is 10.8. The third-order valence-electron chi connectivity index (χ3n) is 4.80. The van der Waals surface area contributed by atoms with Gasteiger partial charge in [-0.25, -0.2) is 0 Å². The molecule has 0 amide bonds. The summed E-state index contributed by atoms with van der Waals surface area (Å²) in [7, 11) is 0. The van der Waals surface area contributed by atoms with Crippen LogP contribution in [0.4, 0.5) is 0 Å². The zero-order valence-electron chi connectivity index (χ0n) is 16.3. The van der Waals surface area contributed by atoms with Crippen LogP contribution in [-0.4, -0.2) is 73.3 Å². The van der Waals surface area contributed by atoms with Crippen LogP contribution in [0.1, 0.15) is 46.5 Å². The Kier molecular flexibility index (Phi) is 11.8. The quantitative estimate of drug-likeness (QED) is 0.252. The summed E-state index contributed by atoms with van der Waals surface area (Å²) in [5.74, 6) is 0.993. The monoisotopic (exact) mass is 484 g/mol. The van der Waals surface area contributed by atoms with Gasteiger partial charge in [0.05, 0.1) is 12.2 Å². The summed E-state index contributed by atoms with van der Waals surface area (Å²) >= 11 is 2.00. The van der Waals surface area contributed by atoms with E-state index in [0.717, 1.165) is 50.4 Å². The molecule has 1 aliphatic heterocycles. The lowest BCUT2D eigenvalue weighted by atomic mass is 10.2. The van der Waals surface area contributed by atoms with Gasteiger partial charge in [-0.3, -0.25) is 9.89 Å². The predicted octanol–water partition coefficient (Wildman–Crippen LogP) is 2.94. The average Bonchev–Trinajstić information content (AvgIpc) is 2.98. The van der Waals surface area contributed by atoms with Crippen LogP contribution in [0.5, 0.6) is 0 Å². The summed E-state index contributed by atoms with van der Waals surface area (Å²) in [5.41, 5.74) is 0. The number of thioether (sulfide) groups is 1.